The van der Waals surface area contributed by atoms with E-state index in [0.717, 1.165) is 5.69 Å². The molecule has 1 atom stereocenters. The van der Waals surface area contributed by atoms with Crippen LogP contribution in [0, 0.1) is 11.3 Å². The van der Waals surface area contributed by atoms with E-state index < -0.39 is 0 Å². The minimum atomic E-state index is 0.0605. The second-order valence-electron chi connectivity index (χ2n) is 9.69. The van der Waals surface area contributed by atoms with Gasteiger partial charge in [-0.2, -0.15) is 0 Å². The molecule has 1 aromatic heterocycles. The van der Waals surface area contributed by atoms with Crippen LogP contribution in [0.1, 0.15) is 52.8 Å². The molecule has 0 amide bonds. The minimum Gasteiger partial charge on any atom is -0.355 e. The zero-order chi connectivity index (χ0) is 19.3. The number of anilines is 1. The molecule has 0 bridgehead atoms. The largest absolute Gasteiger partial charge is 0.355 e. The van der Waals surface area contributed by atoms with Crippen molar-refractivity contribution < 1.29 is 0 Å². The monoisotopic (exact) mass is 359 g/mol. The van der Waals surface area contributed by atoms with Crippen molar-refractivity contribution in [1.82, 2.24) is 9.88 Å². The third-order valence-corrected chi connectivity index (χ3v) is 7.55. The molecule has 140 valence electrons. The van der Waals surface area contributed by atoms with Crippen molar-refractivity contribution in [1.29, 1.82) is 0 Å². The third-order valence-electron chi connectivity index (χ3n) is 7.55. The second kappa shape index (κ2) is 4.95. The van der Waals surface area contributed by atoms with Gasteiger partial charge in [-0.05, 0) is 17.5 Å². The summed E-state index contributed by atoms with van der Waals surface area (Å²) in [5.41, 5.74) is 9.43. The summed E-state index contributed by atoms with van der Waals surface area (Å²) in [5.74, 6) is 0.443. The number of hydrogen-bond acceptors (Lipinski definition) is 3. The number of benzene rings is 1. The second-order valence-corrected chi connectivity index (χ2v) is 9.69. The van der Waals surface area contributed by atoms with Crippen LogP contribution in [0.3, 0.4) is 0 Å². The van der Waals surface area contributed by atoms with Crippen LogP contribution in [-0.4, -0.2) is 23.1 Å². The van der Waals surface area contributed by atoms with E-state index in [4.69, 9.17) is 4.98 Å². The molecule has 3 nitrogen and oxygen atoms in total. The van der Waals surface area contributed by atoms with Crippen molar-refractivity contribution in [3.05, 3.63) is 53.5 Å². The number of rotatable bonds is 1. The SMILES string of the molecule is CC(C)C1=C2c3ncccc3-c3cccc4c3N2C(N1C)C(C)(C)C4(C)C. The van der Waals surface area contributed by atoms with E-state index in [2.05, 4.69) is 88.7 Å². The average Bonchev–Trinajstić information content (AvgIpc) is 2.94. The summed E-state index contributed by atoms with van der Waals surface area (Å²) in [6.07, 6.45) is 2.23. The highest BCUT2D eigenvalue weighted by Crippen LogP contribution is 2.63. The Bertz CT molecular complexity index is 996. The van der Waals surface area contributed by atoms with Crippen LogP contribution in [0.2, 0.25) is 0 Å². The lowest BCUT2D eigenvalue weighted by atomic mass is 9.58. The average molecular weight is 360 g/mol. The molecule has 0 N–H and O–H groups in total. The van der Waals surface area contributed by atoms with Gasteiger partial charge in [-0.15, -0.1) is 0 Å². The zero-order valence-corrected chi connectivity index (χ0v) is 17.5. The van der Waals surface area contributed by atoms with Gasteiger partial charge in [0.05, 0.1) is 17.1 Å². The van der Waals surface area contributed by atoms with Crippen molar-refractivity contribution >= 4 is 11.4 Å². The fraction of sp³-hybridized carbons (Fsp3) is 0.458. The van der Waals surface area contributed by atoms with Crippen LogP contribution in [-0.2, 0) is 5.41 Å². The summed E-state index contributed by atoms with van der Waals surface area (Å²) in [4.78, 5) is 10.0. The normalized spacial score (nSPS) is 23.6. The van der Waals surface area contributed by atoms with Crippen molar-refractivity contribution in [3.8, 4) is 11.1 Å². The van der Waals surface area contributed by atoms with Crippen molar-refractivity contribution in [2.45, 2.75) is 53.1 Å². The van der Waals surface area contributed by atoms with E-state index >= 15 is 0 Å². The fourth-order valence-corrected chi connectivity index (χ4v) is 5.68. The van der Waals surface area contributed by atoms with E-state index in [1.54, 1.807) is 0 Å². The molecule has 2 aromatic rings. The van der Waals surface area contributed by atoms with Crippen LogP contribution in [0.4, 0.5) is 5.69 Å². The first-order chi connectivity index (χ1) is 12.7. The standard InChI is InChI=1S/C24H29N3/c1-14(2)19-21-18-15(11-9-13-25-18)16-10-8-12-17-20(16)27(21)22(26(19)7)24(5,6)23(17,3)4/h8-14,22H,1-7H3. The number of fused-ring (bicyclic) bond motifs is 3. The molecule has 3 heteroatoms. The van der Waals surface area contributed by atoms with Gasteiger partial charge in [0.25, 0.3) is 0 Å². The van der Waals surface area contributed by atoms with Crippen molar-refractivity contribution in [2.75, 3.05) is 11.9 Å². The summed E-state index contributed by atoms with van der Waals surface area (Å²) >= 11 is 0. The molecule has 0 saturated carbocycles. The first-order valence-electron chi connectivity index (χ1n) is 10.0. The van der Waals surface area contributed by atoms with E-state index in [1.165, 1.54) is 33.8 Å². The Morgan fingerprint density at radius 1 is 1.00 bits per heavy atom. The van der Waals surface area contributed by atoms with Gasteiger partial charge in [-0.25, -0.2) is 0 Å². The Morgan fingerprint density at radius 2 is 1.70 bits per heavy atom. The van der Waals surface area contributed by atoms with Crippen LogP contribution < -0.4 is 4.90 Å². The summed E-state index contributed by atoms with van der Waals surface area (Å²) < 4.78 is 0. The van der Waals surface area contributed by atoms with Gasteiger partial charge < -0.3 is 9.80 Å². The first kappa shape index (κ1) is 16.9. The summed E-state index contributed by atoms with van der Waals surface area (Å²) in [7, 11) is 2.28. The van der Waals surface area contributed by atoms with Crippen LogP contribution in [0.25, 0.3) is 16.8 Å². The van der Waals surface area contributed by atoms with Gasteiger partial charge in [0, 0.05) is 40.9 Å². The highest BCUT2D eigenvalue weighted by atomic mass is 15.4. The van der Waals surface area contributed by atoms with Gasteiger partial charge >= 0.3 is 0 Å². The molecule has 3 aliphatic heterocycles. The minimum absolute atomic E-state index is 0.0605. The van der Waals surface area contributed by atoms with E-state index in [-0.39, 0.29) is 10.8 Å². The Kier molecular flexibility index (Phi) is 3.09. The molecule has 5 rings (SSSR count). The van der Waals surface area contributed by atoms with Crippen LogP contribution >= 0.6 is 0 Å². The highest BCUT2D eigenvalue weighted by molar-refractivity contribution is 6.02. The molecule has 0 spiro atoms. The van der Waals surface area contributed by atoms with E-state index in [9.17, 15) is 0 Å². The Balaban J connectivity index is 1.98. The van der Waals surface area contributed by atoms with Gasteiger partial charge in [0.2, 0.25) is 0 Å². The summed E-state index contributed by atoms with van der Waals surface area (Å²) in [6.45, 7) is 14.3. The number of allylic oxidation sites excluding steroid dienone is 1. The molecule has 3 aliphatic rings. The topological polar surface area (TPSA) is 19.4 Å². The quantitative estimate of drug-likeness (QED) is 0.672. The van der Waals surface area contributed by atoms with E-state index in [1.807, 2.05) is 6.20 Å². The van der Waals surface area contributed by atoms with Crippen LogP contribution in [0.5, 0.6) is 0 Å². The third kappa shape index (κ3) is 1.76. The highest BCUT2D eigenvalue weighted by Gasteiger charge is 2.59. The Hall–Kier alpha value is -2.29. The maximum atomic E-state index is 4.87. The number of aromatic nitrogens is 1. The fourth-order valence-electron chi connectivity index (χ4n) is 5.68. The van der Waals surface area contributed by atoms with Crippen LogP contribution in [0.15, 0.2) is 42.2 Å². The van der Waals surface area contributed by atoms with Gasteiger partial charge in [0.15, 0.2) is 0 Å². The Morgan fingerprint density at radius 3 is 2.41 bits per heavy atom. The number of pyridine rings is 1. The molecule has 27 heavy (non-hydrogen) atoms. The molecule has 1 aromatic carbocycles. The maximum absolute atomic E-state index is 4.87. The lowest BCUT2D eigenvalue weighted by molar-refractivity contribution is 0.0682. The van der Waals surface area contributed by atoms with Crippen molar-refractivity contribution in [2.24, 2.45) is 11.3 Å². The van der Waals surface area contributed by atoms with Crippen molar-refractivity contribution in [3.63, 3.8) is 0 Å². The summed E-state index contributed by atoms with van der Waals surface area (Å²) in [5, 5.41) is 0. The lowest BCUT2D eigenvalue weighted by Crippen LogP contribution is -2.60. The molecule has 1 unspecified atom stereocenters. The molecule has 0 saturated heterocycles. The zero-order valence-electron chi connectivity index (χ0n) is 17.5. The smallest absolute Gasteiger partial charge is 0.112 e. The number of hydrogen-bond donors (Lipinski definition) is 0. The van der Waals surface area contributed by atoms with Gasteiger partial charge in [0.1, 0.15) is 6.17 Å². The number of nitrogens with zero attached hydrogens (tertiary/aromatic N) is 3. The maximum Gasteiger partial charge on any atom is 0.112 e. The van der Waals surface area contributed by atoms with Gasteiger partial charge in [-0.1, -0.05) is 65.8 Å². The predicted molar refractivity (Wildman–Crippen MR) is 112 cm³/mol. The molecule has 0 radical (unpaired) electrons. The molecule has 0 fully saturated rings. The summed E-state index contributed by atoms with van der Waals surface area (Å²) in [6, 6.07) is 11.1. The molecule has 4 heterocycles. The number of para-hydroxylation sites is 1. The predicted octanol–water partition coefficient (Wildman–Crippen LogP) is 5.48. The lowest BCUT2D eigenvalue weighted by Gasteiger charge is -2.58. The molecular formula is C24H29N3. The molecule has 0 aliphatic carbocycles. The molecular weight excluding hydrogens is 330 g/mol. The van der Waals surface area contributed by atoms with Gasteiger partial charge in [-0.3, -0.25) is 4.98 Å². The van der Waals surface area contributed by atoms with E-state index in [0.29, 0.717) is 12.1 Å². The first-order valence-corrected chi connectivity index (χ1v) is 10.0. The Labute approximate surface area is 162 Å².